The monoisotopic (exact) mass is 457 g/mol. The molecule has 6 rings (SSSR count). The van der Waals surface area contributed by atoms with Crippen LogP contribution in [0.1, 0.15) is 18.5 Å². The van der Waals surface area contributed by atoms with Gasteiger partial charge in [-0.3, -0.25) is 4.68 Å². The molecule has 1 aliphatic heterocycles. The quantitative estimate of drug-likeness (QED) is 0.375. The van der Waals surface area contributed by atoms with E-state index in [0.29, 0.717) is 19.2 Å². The maximum Gasteiger partial charge on any atom is 0.145 e. The summed E-state index contributed by atoms with van der Waals surface area (Å²) >= 11 is 1.59. The second-order valence-electron chi connectivity index (χ2n) is 8.16. The minimum absolute atomic E-state index is 0.393. The van der Waals surface area contributed by atoms with Gasteiger partial charge >= 0.3 is 0 Å². The van der Waals surface area contributed by atoms with Crippen molar-refractivity contribution in [2.75, 3.05) is 18.5 Å². The first-order valence-corrected chi connectivity index (χ1v) is 12.0. The average molecular weight is 458 g/mol. The number of rotatable bonds is 7. The van der Waals surface area contributed by atoms with Gasteiger partial charge in [0.15, 0.2) is 0 Å². The van der Waals surface area contributed by atoms with Gasteiger partial charge in [-0.1, -0.05) is 6.07 Å². The van der Waals surface area contributed by atoms with Crippen molar-refractivity contribution in [1.82, 2.24) is 30.0 Å². The predicted molar refractivity (Wildman–Crippen MR) is 130 cm³/mol. The van der Waals surface area contributed by atoms with Crippen LogP contribution in [-0.2, 0) is 6.54 Å². The number of benzene rings is 2. The molecule has 8 nitrogen and oxygen atoms in total. The molecular formula is C24H23N7OS. The zero-order valence-corrected chi connectivity index (χ0v) is 18.8. The zero-order valence-electron chi connectivity index (χ0n) is 17.9. The Kier molecular flexibility index (Phi) is 5.33. The summed E-state index contributed by atoms with van der Waals surface area (Å²) in [5.74, 6) is 1.52. The van der Waals surface area contributed by atoms with Gasteiger partial charge < -0.3 is 15.4 Å². The zero-order chi connectivity index (χ0) is 22.0. The first-order valence-electron chi connectivity index (χ1n) is 11.0. The fourth-order valence-electron chi connectivity index (χ4n) is 4.28. The van der Waals surface area contributed by atoms with Crippen LogP contribution in [0.25, 0.3) is 21.8 Å². The van der Waals surface area contributed by atoms with Crippen molar-refractivity contribution in [3.8, 4) is 5.75 Å². The van der Waals surface area contributed by atoms with Crippen LogP contribution in [0.5, 0.6) is 5.75 Å². The number of hydrogen-bond donors (Lipinski definition) is 2. The Bertz CT molecular complexity index is 1390. The van der Waals surface area contributed by atoms with E-state index in [4.69, 9.17) is 4.74 Å². The minimum atomic E-state index is 0.393. The molecule has 0 unspecified atom stereocenters. The third-order valence-corrected chi connectivity index (χ3v) is 6.56. The molecule has 33 heavy (non-hydrogen) atoms. The van der Waals surface area contributed by atoms with E-state index in [1.807, 2.05) is 46.0 Å². The second kappa shape index (κ2) is 8.76. The Morgan fingerprint density at radius 3 is 3.06 bits per heavy atom. The highest BCUT2D eigenvalue weighted by Crippen LogP contribution is 2.32. The molecule has 0 spiro atoms. The standard InChI is InChI=1S/C24H23N7OS/c1-4-20-23(22(5-1)32-12-18-3-2-8-25-18)24(27-14-26-20)30-17-6-7-21-16(9-17)10-29-31(21)11-19-13-33-15-28-19/h1,4-7,9-10,13-15,18,25H,2-3,8,11-12H2,(H,26,27,30)/t18-/m1/s1. The lowest BCUT2D eigenvalue weighted by Crippen LogP contribution is -2.28. The topological polar surface area (TPSA) is 89.8 Å². The molecule has 1 fully saturated rings. The fourth-order valence-corrected chi connectivity index (χ4v) is 4.83. The molecule has 1 aliphatic rings. The minimum Gasteiger partial charge on any atom is -0.491 e. The SMILES string of the molecule is c1cc(OC[C@H]2CCCN2)c2c(Nc3ccc4c(cnn4Cc4cscn4)c3)ncnc2c1. The summed E-state index contributed by atoms with van der Waals surface area (Å²) in [6.07, 6.45) is 5.80. The predicted octanol–water partition coefficient (Wildman–Crippen LogP) is 4.36. The van der Waals surface area contributed by atoms with Gasteiger partial charge in [-0.2, -0.15) is 5.10 Å². The van der Waals surface area contributed by atoms with Gasteiger partial charge in [-0.25, -0.2) is 15.0 Å². The number of thiazole rings is 1. The van der Waals surface area contributed by atoms with E-state index >= 15 is 0 Å². The molecule has 2 aromatic carbocycles. The van der Waals surface area contributed by atoms with Gasteiger partial charge in [-0.05, 0) is 49.7 Å². The molecule has 5 aromatic rings. The lowest BCUT2D eigenvalue weighted by atomic mass is 10.2. The van der Waals surface area contributed by atoms with E-state index in [0.717, 1.165) is 57.7 Å². The van der Waals surface area contributed by atoms with E-state index in [-0.39, 0.29) is 0 Å². The summed E-state index contributed by atoms with van der Waals surface area (Å²) in [4.78, 5) is 13.3. The number of anilines is 2. The summed E-state index contributed by atoms with van der Waals surface area (Å²) in [5, 5.41) is 15.5. The third kappa shape index (κ3) is 4.12. The van der Waals surface area contributed by atoms with Crippen molar-refractivity contribution >= 4 is 44.6 Å². The van der Waals surface area contributed by atoms with Crippen LogP contribution >= 0.6 is 11.3 Å². The van der Waals surface area contributed by atoms with E-state index in [2.05, 4.69) is 42.8 Å². The number of hydrogen-bond acceptors (Lipinski definition) is 8. The fraction of sp³-hybridized carbons (Fsp3) is 0.250. The second-order valence-corrected chi connectivity index (χ2v) is 8.88. The summed E-state index contributed by atoms with van der Waals surface area (Å²) in [6.45, 7) is 2.35. The van der Waals surface area contributed by atoms with Gasteiger partial charge in [0.05, 0.1) is 40.4 Å². The molecule has 1 saturated heterocycles. The van der Waals surface area contributed by atoms with Gasteiger partial charge in [0.1, 0.15) is 24.5 Å². The van der Waals surface area contributed by atoms with Crippen LogP contribution in [0.4, 0.5) is 11.5 Å². The van der Waals surface area contributed by atoms with Gasteiger partial charge in [0, 0.05) is 22.5 Å². The van der Waals surface area contributed by atoms with Crippen molar-refractivity contribution in [3.63, 3.8) is 0 Å². The largest absolute Gasteiger partial charge is 0.491 e. The molecule has 9 heteroatoms. The first-order chi connectivity index (χ1) is 16.3. The van der Waals surface area contributed by atoms with Gasteiger partial charge in [-0.15, -0.1) is 11.3 Å². The summed E-state index contributed by atoms with van der Waals surface area (Å²) in [5.41, 5.74) is 5.70. The highest BCUT2D eigenvalue weighted by atomic mass is 32.1. The van der Waals surface area contributed by atoms with Crippen molar-refractivity contribution in [2.45, 2.75) is 25.4 Å². The molecule has 0 saturated carbocycles. The van der Waals surface area contributed by atoms with Crippen LogP contribution in [0.15, 0.2) is 59.8 Å². The Hall–Kier alpha value is -3.56. The molecule has 1 atom stereocenters. The molecule has 0 radical (unpaired) electrons. The first kappa shape index (κ1) is 20.1. The Morgan fingerprint density at radius 1 is 1.18 bits per heavy atom. The maximum absolute atomic E-state index is 6.20. The molecule has 0 amide bonds. The van der Waals surface area contributed by atoms with Crippen LogP contribution in [-0.4, -0.2) is 43.9 Å². The molecule has 0 aliphatic carbocycles. The Balaban J connectivity index is 1.28. The van der Waals surface area contributed by atoms with Gasteiger partial charge in [0.2, 0.25) is 0 Å². The van der Waals surface area contributed by atoms with E-state index in [1.165, 1.54) is 6.42 Å². The van der Waals surface area contributed by atoms with Crippen LogP contribution in [0.3, 0.4) is 0 Å². The normalized spacial score (nSPS) is 15.9. The highest BCUT2D eigenvalue weighted by molar-refractivity contribution is 7.07. The number of ether oxygens (including phenoxy) is 1. The maximum atomic E-state index is 6.20. The molecule has 166 valence electrons. The molecule has 2 N–H and O–H groups in total. The Labute approximate surface area is 194 Å². The Morgan fingerprint density at radius 2 is 2.18 bits per heavy atom. The lowest BCUT2D eigenvalue weighted by molar-refractivity contribution is 0.280. The summed E-state index contributed by atoms with van der Waals surface area (Å²) < 4.78 is 8.17. The van der Waals surface area contributed by atoms with E-state index < -0.39 is 0 Å². The van der Waals surface area contributed by atoms with Crippen LogP contribution < -0.4 is 15.4 Å². The highest BCUT2D eigenvalue weighted by Gasteiger charge is 2.17. The number of nitrogens with zero attached hydrogens (tertiary/aromatic N) is 5. The summed E-state index contributed by atoms with van der Waals surface area (Å²) in [6, 6.07) is 12.5. The average Bonchev–Trinajstić information content (AvgIpc) is 3.61. The van der Waals surface area contributed by atoms with Crippen LogP contribution in [0.2, 0.25) is 0 Å². The van der Waals surface area contributed by atoms with E-state index in [1.54, 1.807) is 17.7 Å². The molecular weight excluding hydrogens is 434 g/mol. The van der Waals surface area contributed by atoms with Gasteiger partial charge in [0.25, 0.3) is 0 Å². The molecule has 3 aromatic heterocycles. The lowest BCUT2D eigenvalue weighted by Gasteiger charge is -2.15. The van der Waals surface area contributed by atoms with Crippen LogP contribution in [0, 0.1) is 0 Å². The van der Waals surface area contributed by atoms with E-state index in [9.17, 15) is 0 Å². The number of nitrogens with one attached hydrogen (secondary N) is 2. The number of fused-ring (bicyclic) bond motifs is 2. The van der Waals surface area contributed by atoms with Crippen molar-refractivity contribution in [1.29, 1.82) is 0 Å². The third-order valence-electron chi connectivity index (χ3n) is 5.93. The summed E-state index contributed by atoms with van der Waals surface area (Å²) in [7, 11) is 0. The van der Waals surface area contributed by atoms with Crippen molar-refractivity contribution in [2.24, 2.45) is 0 Å². The molecule has 0 bridgehead atoms. The molecule has 4 heterocycles. The smallest absolute Gasteiger partial charge is 0.145 e. The van der Waals surface area contributed by atoms with Crippen molar-refractivity contribution in [3.05, 3.63) is 65.5 Å². The van der Waals surface area contributed by atoms with Crippen molar-refractivity contribution < 1.29 is 4.74 Å². The number of aromatic nitrogens is 5.